The normalized spacial score (nSPS) is 15.5. The molecule has 7 nitrogen and oxygen atoms in total. The van der Waals surface area contributed by atoms with Crippen LogP contribution in [0.5, 0.6) is 0 Å². The van der Waals surface area contributed by atoms with Gasteiger partial charge in [0, 0.05) is 39.3 Å². The number of hydrogen-bond donors (Lipinski definition) is 1. The van der Waals surface area contributed by atoms with E-state index in [1.54, 1.807) is 4.90 Å². The SMILES string of the molecule is CC(C)(C)OC(=O)N1CCN(C(N)=NCCCCOCCc2ccccc2)CC1. The van der Waals surface area contributed by atoms with Crippen LogP contribution < -0.4 is 5.73 Å². The van der Waals surface area contributed by atoms with Crippen LogP contribution in [0.4, 0.5) is 4.79 Å². The maximum Gasteiger partial charge on any atom is 0.410 e. The fourth-order valence-corrected chi connectivity index (χ4v) is 2.99. The third-order valence-electron chi connectivity index (χ3n) is 4.60. The van der Waals surface area contributed by atoms with E-state index in [9.17, 15) is 4.79 Å². The molecule has 0 aromatic heterocycles. The highest BCUT2D eigenvalue weighted by Crippen LogP contribution is 2.11. The average molecular weight is 405 g/mol. The first-order chi connectivity index (χ1) is 13.8. The number of hydrogen-bond acceptors (Lipinski definition) is 4. The minimum Gasteiger partial charge on any atom is -0.444 e. The van der Waals surface area contributed by atoms with Gasteiger partial charge in [-0.3, -0.25) is 4.99 Å². The molecule has 1 heterocycles. The summed E-state index contributed by atoms with van der Waals surface area (Å²) in [6.45, 7) is 10.4. The third-order valence-corrected chi connectivity index (χ3v) is 4.60. The smallest absolute Gasteiger partial charge is 0.410 e. The van der Waals surface area contributed by atoms with Crippen LogP contribution in [0, 0.1) is 0 Å². The summed E-state index contributed by atoms with van der Waals surface area (Å²) in [7, 11) is 0. The van der Waals surface area contributed by atoms with E-state index in [-0.39, 0.29) is 6.09 Å². The van der Waals surface area contributed by atoms with Gasteiger partial charge in [0.2, 0.25) is 0 Å². The molecular formula is C22H36N4O3. The van der Waals surface area contributed by atoms with E-state index >= 15 is 0 Å². The number of rotatable bonds is 8. The maximum atomic E-state index is 12.1. The van der Waals surface area contributed by atoms with Gasteiger partial charge in [-0.2, -0.15) is 0 Å². The lowest BCUT2D eigenvalue weighted by Crippen LogP contribution is -2.53. The van der Waals surface area contributed by atoms with Gasteiger partial charge in [-0.05, 0) is 45.6 Å². The van der Waals surface area contributed by atoms with Gasteiger partial charge < -0.3 is 25.0 Å². The van der Waals surface area contributed by atoms with Crippen LogP contribution in [0.2, 0.25) is 0 Å². The summed E-state index contributed by atoms with van der Waals surface area (Å²) in [5.74, 6) is 0.554. The molecule has 2 rings (SSSR count). The number of piperazine rings is 1. The van der Waals surface area contributed by atoms with Crippen LogP contribution in [0.3, 0.4) is 0 Å². The predicted molar refractivity (Wildman–Crippen MR) is 116 cm³/mol. The molecule has 1 saturated heterocycles. The Bertz CT molecular complexity index is 635. The largest absolute Gasteiger partial charge is 0.444 e. The highest BCUT2D eigenvalue weighted by Gasteiger charge is 2.26. The Labute approximate surface area is 174 Å². The Morgan fingerprint density at radius 2 is 1.69 bits per heavy atom. The van der Waals surface area contributed by atoms with E-state index in [0.29, 0.717) is 38.7 Å². The molecule has 0 bridgehead atoms. The van der Waals surface area contributed by atoms with Crippen molar-refractivity contribution in [1.82, 2.24) is 9.80 Å². The van der Waals surface area contributed by atoms with Crippen molar-refractivity contribution in [2.24, 2.45) is 10.7 Å². The molecule has 1 fully saturated rings. The molecule has 7 heteroatoms. The van der Waals surface area contributed by atoms with Crippen LogP contribution in [-0.2, 0) is 15.9 Å². The molecule has 1 aliphatic heterocycles. The van der Waals surface area contributed by atoms with Crippen molar-refractivity contribution < 1.29 is 14.3 Å². The van der Waals surface area contributed by atoms with Gasteiger partial charge in [-0.25, -0.2) is 4.79 Å². The van der Waals surface area contributed by atoms with Gasteiger partial charge in [0.15, 0.2) is 5.96 Å². The summed E-state index contributed by atoms with van der Waals surface area (Å²) in [5.41, 5.74) is 6.94. The molecule has 0 radical (unpaired) electrons. The fraction of sp³-hybridized carbons (Fsp3) is 0.636. The van der Waals surface area contributed by atoms with Crippen molar-refractivity contribution in [3.63, 3.8) is 0 Å². The molecule has 0 unspecified atom stereocenters. The topological polar surface area (TPSA) is 80.4 Å². The summed E-state index contributed by atoms with van der Waals surface area (Å²) in [6, 6.07) is 10.4. The van der Waals surface area contributed by atoms with Gasteiger partial charge in [-0.1, -0.05) is 30.3 Å². The van der Waals surface area contributed by atoms with Crippen molar-refractivity contribution in [2.75, 3.05) is 45.9 Å². The molecule has 29 heavy (non-hydrogen) atoms. The Balaban J connectivity index is 1.54. The lowest BCUT2D eigenvalue weighted by atomic mass is 10.2. The van der Waals surface area contributed by atoms with Crippen molar-refractivity contribution >= 4 is 12.1 Å². The second kappa shape index (κ2) is 11.7. The predicted octanol–water partition coefficient (Wildman–Crippen LogP) is 2.89. The number of aliphatic imine (C=N–C) groups is 1. The zero-order valence-corrected chi connectivity index (χ0v) is 18.1. The number of guanidine groups is 1. The molecule has 0 atom stereocenters. The van der Waals surface area contributed by atoms with Crippen molar-refractivity contribution in [3.8, 4) is 0 Å². The number of nitrogens with zero attached hydrogens (tertiary/aromatic N) is 3. The van der Waals surface area contributed by atoms with E-state index < -0.39 is 5.60 Å². The van der Waals surface area contributed by atoms with Crippen LogP contribution in [0.15, 0.2) is 35.3 Å². The van der Waals surface area contributed by atoms with Gasteiger partial charge in [0.25, 0.3) is 0 Å². The molecule has 0 spiro atoms. The van der Waals surface area contributed by atoms with Crippen LogP contribution in [0.25, 0.3) is 0 Å². The highest BCUT2D eigenvalue weighted by molar-refractivity contribution is 5.78. The molecule has 0 aliphatic carbocycles. The minimum absolute atomic E-state index is 0.264. The first kappa shape index (κ1) is 23.0. The molecule has 1 aromatic rings. The highest BCUT2D eigenvalue weighted by atomic mass is 16.6. The van der Waals surface area contributed by atoms with E-state index in [1.165, 1.54) is 5.56 Å². The number of carbonyl (C=O) groups excluding carboxylic acids is 1. The number of carbonyl (C=O) groups is 1. The summed E-state index contributed by atoms with van der Waals surface area (Å²) < 4.78 is 11.1. The molecule has 162 valence electrons. The van der Waals surface area contributed by atoms with Crippen LogP contribution in [-0.4, -0.2) is 73.4 Å². The van der Waals surface area contributed by atoms with Gasteiger partial charge in [0.1, 0.15) is 5.60 Å². The number of unbranched alkanes of at least 4 members (excludes halogenated alkanes) is 1. The number of benzene rings is 1. The molecular weight excluding hydrogens is 368 g/mol. The average Bonchev–Trinajstić information content (AvgIpc) is 2.69. The van der Waals surface area contributed by atoms with Gasteiger partial charge in [-0.15, -0.1) is 0 Å². The lowest BCUT2D eigenvalue weighted by molar-refractivity contribution is 0.0186. The summed E-state index contributed by atoms with van der Waals surface area (Å²) in [6.07, 6.45) is 2.60. The van der Waals surface area contributed by atoms with E-state index in [4.69, 9.17) is 15.2 Å². The number of amides is 1. The minimum atomic E-state index is -0.472. The molecule has 0 saturated carbocycles. The standard InChI is InChI=1S/C22H36N4O3/c1-22(2,3)29-21(27)26-15-13-25(14-16-26)20(23)24-12-7-8-17-28-18-11-19-9-5-4-6-10-19/h4-6,9-10H,7-8,11-18H2,1-3H3,(H2,23,24). The number of nitrogens with two attached hydrogens (primary N) is 1. The second-order valence-corrected chi connectivity index (χ2v) is 8.25. The lowest BCUT2D eigenvalue weighted by Gasteiger charge is -2.36. The maximum absolute atomic E-state index is 12.1. The summed E-state index contributed by atoms with van der Waals surface area (Å²) in [4.78, 5) is 20.3. The second-order valence-electron chi connectivity index (χ2n) is 8.25. The Morgan fingerprint density at radius 3 is 2.34 bits per heavy atom. The monoisotopic (exact) mass is 404 g/mol. The van der Waals surface area contributed by atoms with E-state index in [2.05, 4.69) is 29.3 Å². The summed E-state index contributed by atoms with van der Waals surface area (Å²) in [5, 5.41) is 0. The molecule has 1 amide bonds. The zero-order valence-electron chi connectivity index (χ0n) is 18.1. The first-order valence-electron chi connectivity index (χ1n) is 10.5. The third kappa shape index (κ3) is 9.17. The fourth-order valence-electron chi connectivity index (χ4n) is 2.99. The first-order valence-corrected chi connectivity index (χ1v) is 10.5. The van der Waals surface area contributed by atoms with Crippen LogP contribution in [0.1, 0.15) is 39.2 Å². The van der Waals surface area contributed by atoms with Gasteiger partial charge in [0.05, 0.1) is 6.61 Å². The molecule has 1 aromatic carbocycles. The molecule has 2 N–H and O–H groups in total. The Morgan fingerprint density at radius 1 is 1.03 bits per heavy atom. The van der Waals surface area contributed by atoms with Crippen molar-refractivity contribution in [3.05, 3.63) is 35.9 Å². The van der Waals surface area contributed by atoms with E-state index in [1.807, 2.05) is 31.7 Å². The number of ether oxygens (including phenoxy) is 2. The quantitative estimate of drug-likeness (QED) is 0.409. The molecule has 1 aliphatic rings. The van der Waals surface area contributed by atoms with Crippen LogP contribution >= 0.6 is 0 Å². The Hall–Kier alpha value is -2.28. The summed E-state index contributed by atoms with van der Waals surface area (Å²) >= 11 is 0. The van der Waals surface area contributed by atoms with Gasteiger partial charge >= 0.3 is 6.09 Å². The Kier molecular flexibility index (Phi) is 9.25. The van der Waals surface area contributed by atoms with Crippen molar-refractivity contribution in [1.29, 1.82) is 0 Å². The van der Waals surface area contributed by atoms with Crippen molar-refractivity contribution in [2.45, 2.75) is 45.6 Å². The zero-order chi connectivity index (χ0) is 21.1. The van der Waals surface area contributed by atoms with E-state index in [0.717, 1.165) is 32.5 Å².